The van der Waals surface area contributed by atoms with Crippen LogP contribution in [0.3, 0.4) is 0 Å². The van der Waals surface area contributed by atoms with Crippen molar-refractivity contribution in [2.75, 3.05) is 13.7 Å². The molecule has 0 saturated carbocycles. The van der Waals surface area contributed by atoms with E-state index < -0.39 is 0 Å². The Morgan fingerprint density at radius 3 is 2.87 bits per heavy atom. The van der Waals surface area contributed by atoms with E-state index in [9.17, 15) is 4.39 Å². The Balaban J connectivity index is 2.37. The fourth-order valence-corrected chi connectivity index (χ4v) is 2.15. The minimum atomic E-state index is -0.281. The first-order valence-electron chi connectivity index (χ1n) is 5.30. The average Bonchev–Trinajstić information content (AvgIpc) is 2.71. The largest absolute Gasteiger partial charge is 0.494 e. The molecule has 1 atom stereocenters. The van der Waals surface area contributed by atoms with Gasteiger partial charge in [0.1, 0.15) is 0 Å². The molecule has 1 unspecified atom stereocenters. The molecule has 1 aromatic rings. The summed E-state index contributed by atoms with van der Waals surface area (Å²) >= 11 is 0. The highest BCUT2D eigenvalue weighted by molar-refractivity contribution is 5.38. The Morgan fingerprint density at radius 2 is 2.27 bits per heavy atom. The van der Waals surface area contributed by atoms with Gasteiger partial charge in [0.2, 0.25) is 0 Å². The third-order valence-corrected chi connectivity index (χ3v) is 2.98. The van der Waals surface area contributed by atoms with Crippen molar-refractivity contribution in [3.05, 3.63) is 29.1 Å². The third kappa shape index (κ3) is 1.97. The number of methoxy groups -OCH3 is 1. The highest BCUT2D eigenvalue weighted by Gasteiger charge is 2.19. The molecular weight excluding hydrogens is 193 g/mol. The van der Waals surface area contributed by atoms with Crippen LogP contribution in [-0.4, -0.2) is 13.7 Å². The summed E-state index contributed by atoms with van der Waals surface area (Å²) < 4.78 is 18.4. The topological polar surface area (TPSA) is 21.3 Å². The van der Waals surface area contributed by atoms with Crippen molar-refractivity contribution in [3.8, 4) is 5.75 Å². The monoisotopic (exact) mass is 209 g/mol. The van der Waals surface area contributed by atoms with Crippen molar-refractivity contribution in [1.82, 2.24) is 5.32 Å². The van der Waals surface area contributed by atoms with Crippen LogP contribution in [0, 0.1) is 12.7 Å². The van der Waals surface area contributed by atoms with Gasteiger partial charge >= 0.3 is 0 Å². The Kier molecular flexibility index (Phi) is 2.91. The molecule has 0 spiro atoms. The summed E-state index contributed by atoms with van der Waals surface area (Å²) in [5, 5.41) is 3.41. The molecule has 1 aliphatic heterocycles. The van der Waals surface area contributed by atoms with E-state index in [1.165, 1.54) is 13.5 Å². The number of halogens is 1. The van der Waals surface area contributed by atoms with Gasteiger partial charge in [0.25, 0.3) is 0 Å². The number of hydrogen-bond acceptors (Lipinski definition) is 2. The molecule has 1 heterocycles. The van der Waals surface area contributed by atoms with Gasteiger partial charge in [0.05, 0.1) is 7.11 Å². The first-order chi connectivity index (χ1) is 7.22. The molecule has 1 N–H and O–H groups in total. The van der Waals surface area contributed by atoms with Crippen molar-refractivity contribution in [3.63, 3.8) is 0 Å². The van der Waals surface area contributed by atoms with Crippen molar-refractivity contribution in [2.24, 2.45) is 0 Å². The normalized spacial score (nSPS) is 20.6. The van der Waals surface area contributed by atoms with Crippen molar-refractivity contribution in [1.29, 1.82) is 0 Å². The van der Waals surface area contributed by atoms with Crippen molar-refractivity contribution >= 4 is 0 Å². The van der Waals surface area contributed by atoms with Crippen molar-refractivity contribution < 1.29 is 9.13 Å². The van der Waals surface area contributed by atoms with E-state index in [0.717, 1.165) is 24.1 Å². The molecule has 1 aromatic carbocycles. The fraction of sp³-hybridized carbons (Fsp3) is 0.500. The summed E-state index contributed by atoms with van der Waals surface area (Å²) in [7, 11) is 1.50. The van der Waals surface area contributed by atoms with E-state index in [1.54, 1.807) is 6.07 Å². The van der Waals surface area contributed by atoms with Crippen LogP contribution in [0.5, 0.6) is 5.75 Å². The predicted octanol–water partition coefficient (Wildman–Crippen LogP) is 2.57. The van der Waals surface area contributed by atoms with Gasteiger partial charge in [-0.3, -0.25) is 0 Å². The van der Waals surface area contributed by atoms with Gasteiger partial charge in [-0.1, -0.05) is 0 Å². The summed E-state index contributed by atoms with van der Waals surface area (Å²) in [5.41, 5.74) is 2.15. The highest BCUT2D eigenvalue weighted by Crippen LogP contribution is 2.30. The molecule has 1 fully saturated rings. The second kappa shape index (κ2) is 4.19. The number of benzene rings is 1. The Bertz CT molecular complexity index is 359. The maximum Gasteiger partial charge on any atom is 0.165 e. The summed E-state index contributed by atoms with van der Waals surface area (Å²) in [6.07, 6.45) is 2.30. The van der Waals surface area contributed by atoms with Crippen LogP contribution in [0.2, 0.25) is 0 Å². The first kappa shape index (κ1) is 10.4. The zero-order valence-corrected chi connectivity index (χ0v) is 9.14. The molecule has 0 radical (unpaired) electrons. The van der Waals surface area contributed by atoms with E-state index in [4.69, 9.17) is 4.74 Å². The van der Waals surface area contributed by atoms with Crippen molar-refractivity contribution in [2.45, 2.75) is 25.8 Å². The predicted molar refractivity (Wildman–Crippen MR) is 57.7 cm³/mol. The molecule has 0 aliphatic carbocycles. The van der Waals surface area contributed by atoms with Gasteiger partial charge in [-0.2, -0.15) is 0 Å². The van der Waals surface area contributed by atoms with E-state index >= 15 is 0 Å². The maximum absolute atomic E-state index is 13.4. The van der Waals surface area contributed by atoms with Gasteiger partial charge < -0.3 is 10.1 Å². The van der Waals surface area contributed by atoms with Gasteiger partial charge in [-0.05, 0) is 49.6 Å². The summed E-state index contributed by atoms with van der Waals surface area (Å²) in [6, 6.07) is 3.72. The molecule has 2 rings (SSSR count). The second-order valence-corrected chi connectivity index (χ2v) is 3.99. The quantitative estimate of drug-likeness (QED) is 0.808. The minimum absolute atomic E-state index is 0.281. The molecule has 1 saturated heterocycles. The van der Waals surface area contributed by atoms with Crippen LogP contribution in [0.15, 0.2) is 12.1 Å². The van der Waals surface area contributed by atoms with E-state index in [1.807, 2.05) is 13.0 Å². The Morgan fingerprint density at radius 1 is 1.47 bits per heavy atom. The number of aryl methyl sites for hydroxylation is 1. The smallest absolute Gasteiger partial charge is 0.165 e. The van der Waals surface area contributed by atoms with Crippen LogP contribution in [-0.2, 0) is 0 Å². The van der Waals surface area contributed by atoms with Gasteiger partial charge in [0.15, 0.2) is 11.6 Å². The van der Waals surface area contributed by atoms with E-state index in [-0.39, 0.29) is 5.82 Å². The Labute approximate surface area is 89.4 Å². The number of nitrogens with one attached hydrogen (secondary N) is 1. The lowest BCUT2D eigenvalue weighted by atomic mass is 9.99. The molecule has 0 bridgehead atoms. The SMILES string of the molecule is COc1cc(C2CCCN2)c(C)cc1F. The van der Waals surface area contributed by atoms with Gasteiger partial charge in [-0.15, -0.1) is 0 Å². The zero-order valence-electron chi connectivity index (χ0n) is 9.14. The molecule has 1 aliphatic rings. The van der Waals surface area contributed by atoms with Crippen LogP contribution in [0.25, 0.3) is 0 Å². The lowest BCUT2D eigenvalue weighted by molar-refractivity contribution is 0.385. The lowest BCUT2D eigenvalue weighted by Gasteiger charge is -2.15. The van der Waals surface area contributed by atoms with Gasteiger partial charge in [0, 0.05) is 6.04 Å². The summed E-state index contributed by atoms with van der Waals surface area (Å²) in [6.45, 7) is 2.99. The molecule has 0 aromatic heterocycles. The standard InChI is InChI=1S/C12H16FNO/c1-8-6-10(13)12(15-2)7-9(8)11-4-3-5-14-11/h6-7,11,14H,3-5H2,1-2H3. The van der Waals surface area contributed by atoms with Crippen LogP contribution >= 0.6 is 0 Å². The van der Waals surface area contributed by atoms with E-state index in [2.05, 4.69) is 5.32 Å². The summed E-state index contributed by atoms with van der Waals surface area (Å²) in [5.74, 6) is 0.0565. The number of hydrogen-bond donors (Lipinski definition) is 1. The molecule has 0 amide bonds. The van der Waals surface area contributed by atoms with Gasteiger partial charge in [-0.25, -0.2) is 4.39 Å². The maximum atomic E-state index is 13.4. The minimum Gasteiger partial charge on any atom is -0.494 e. The Hall–Kier alpha value is -1.09. The van der Waals surface area contributed by atoms with Crippen LogP contribution in [0.1, 0.15) is 30.0 Å². The van der Waals surface area contributed by atoms with Crippen LogP contribution < -0.4 is 10.1 Å². The highest BCUT2D eigenvalue weighted by atomic mass is 19.1. The average molecular weight is 209 g/mol. The summed E-state index contributed by atoms with van der Waals surface area (Å²) in [4.78, 5) is 0. The third-order valence-electron chi connectivity index (χ3n) is 2.98. The molecular formula is C12H16FNO. The van der Waals surface area contributed by atoms with Crippen LogP contribution in [0.4, 0.5) is 4.39 Å². The zero-order chi connectivity index (χ0) is 10.8. The van der Waals surface area contributed by atoms with E-state index in [0.29, 0.717) is 11.8 Å². The number of ether oxygens (including phenoxy) is 1. The second-order valence-electron chi connectivity index (χ2n) is 3.99. The molecule has 3 heteroatoms. The number of rotatable bonds is 2. The first-order valence-corrected chi connectivity index (χ1v) is 5.30. The lowest BCUT2D eigenvalue weighted by Crippen LogP contribution is -2.14. The molecule has 82 valence electrons. The molecule has 2 nitrogen and oxygen atoms in total. The fourth-order valence-electron chi connectivity index (χ4n) is 2.15. The molecule has 15 heavy (non-hydrogen) atoms.